The lowest BCUT2D eigenvalue weighted by Crippen LogP contribution is -2.03. The molecule has 0 spiro atoms. The summed E-state index contributed by atoms with van der Waals surface area (Å²) in [6.07, 6.45) is 2.10. The number of nitrogen functional groups attached to an aromatic ring is 1. The second-order valence-electron chi connectivity index (χ2n) is 4.13. The van der Waals surface area contributed by atoms with Crippen molar-refractivity contribution in [2.45, 2.75) is 13.8 Å². The third-order valence-corrected chi connectivity index (χ3v) is 2.52. The molecule has 0 atom stereocenters. The Kier molecular flexibility index (Phi) is 3.23. The predicted molar refractivity (Wildman–Crippen MR) is 71.0 cm³/mol. The Hall–Kier alpha value is -2.43. The van der Waals surface area contributed by atoms with E-state index in [9.17, 15) is 4.79 Å². The van der Waals surface area contributed by atoms with E-state index in [0.717, 1.165) is 16.7 Å². The molecule has 2 aromatic rings. The Morgan fingerprint density at radius 3 is 2.50 bits per heavy atom. The SMILES string of the molecule is Cc1cc(C)cc(-c2nc(N)ncc2NC=O)c1. The molecule has 3 N–H and O–H groups in total. The number of benzene rings is 1. The van der Waals surface area contributed by atoms with Gasteiger partial charge >= 0.3 is 0 Å². The summed E-state index contributed by atoms with van der Waals surface area (Å²) in [5, 5.41) is 2.58. The molecule has 0 bridgehead atoms. The molecule has 0 saturated heterocycles. The Balaban J connectivity index is 2.60. The molecule has 5 heteroatoms. The fourth-order valence-corrected chi connectivity index (χ4v) is 1.90. The second kappa shape index (κ2) is 4.83. The van der Waals surface area contributed by atoms with Crippen molar-refractivity contribution in [3.05, 3.63) is 35.5 Å². The third-order valence-electron chi connectivity index (χ3n) is 2.52. The molecule has 0 radical (unpaired) electrons. The van der Waals surface area contributed by atoms with Crippen molar-refractivity contribution >= 4 is 18.0 Å². The van der Waals surface area contributed by atoms with E-state index in [1.54, 1.807) is 0 Å². The quantitative estimate of drug-likeness (QED) is 0.805. The van der Waals surface area contributed by atoms with Crippen molar-refractivity contribution in [1.82, 2.24) is 9.97 Å². The minimum Gasteiger partial charge on any atom is -0.368 e. The summed E-state index contributed by atoms with van der Waals surface area (Å²) >= 11 is 0. The maximum atomic E-state index is 10.6. The van der Waals surface area contributed by atoms with E-state index in [1.807, 2.05) is 26.0 Å². The minimum absolute atomic E-state index is 0.181. The van der Waals surface area contributed by atoms with E-state index in [2.05, 4.69) is 21.4 Å². The third kappa shape index (κ3) is 2.45. The monoisotopic (exact) mass is 242 g/mol. The maximum absolute atomic E-state index is 10.6. The first-order valence-corrected chi connectivity index (χ1v) is 5.51. The van der Waals surface area contributed by atoms with Crippen LogP contribution in [0.2, 0.25) is 0 Å². The molecule has 1 amide bonds. The molecule has 0 aliphatic carbocycles. The Morgan fingerprint density at radius 2 is 1.89 bits per heavy atom. The zero-order valence-corrected chi connectivity index (χ0v) is 10.3. The number of carbonyl (C=O) groups is 1. The van der Waals surface area contributed by atoms with Crippen molar-refractivity contribution in [2.24, 2.45) is 0 Å². The molecule has 92 valence electrons. The number of aryl methyl sites for hydroxylation is 2. The van der Waals surface area contributed by atoms with Crippen molar-refractivity contribution in [1.29, 1.82) is 0 Å². The molecule has 5 nitrogen and oxygen atoms in total. The van der Waals surface area contributed by atoms with Gasteiger partial charge in [-0.1, -0.05) is 17.2 Å². The van der Waals surface area contributed by atoms with E-state index in [4.69, 9.17) is 5.73 Å². The molecule has 1 heterocycles. The number of rotatable bonds is 3. The zero-order chi connectivity index (χ0) is 13.1. The Morgan fingerprint density at radius 1 is 1.22 bits per heavy atom. The molecule has 0 aliphatic heterocycles. The van der Waals surface area contributed by atoms with Crippen molar-refractivity contribution in [3.63, 3.8) is 0 Å². The van der Waals surface area contributed by atoms with Gasteiger partial charge in [0.1, 0.15) is 0 Å². The summed E-state index contributed by atoms with van der Waals surface area (Å²) in [4.78, 5) is 18.6. The summed E-state index contributed by atoms with van der Waals surface area (Å²) in [7, 11) is 0. The highest BCUT2D eigenvalue weighted by atomic mass is 16.1. The largest absolute Gasteiger partial charge is 0.368 e. The van der Waals surface area contributed by atoms with Crippen LogP contribution >= 0.6 is 0 Å². The smallest absolute Gasteiger partial charge is 0.220 e. The molecule has 1 aromatic heterocycles. The summed E-state index contributed by atoms with van der Waals surface area (Å²) in [5.41, 5.74) is 9.93. The highest BCUT2D eigenvalue weighted by molar-refractivity contribution is 5.83. The number of nitrogens with zero attached hydrogens (tertiary/aromatic N) is 2. The van der Waals surface area contributed by atoms with Crippen LogP contribution in [-0.4, -0.2) is 16.4 Å². The Labute approximate surface area is 105 Å². The highest BCUT2D eigenvalue weighted by Crippen LogP contribution is 2.27. The number of hydrogen-bond acceptors (Lipinski definition) is 4. The number of hydrogen-bond donors (Lipinski definition) is 2. The van der Waals surface area contributed by atoms with Gasteiger partial charge in [-0.25, -0.2) is 9.97 Å². The van der Waals surface area contributed by atoms with Crippen LogP contribution in [-0.2, 0) is 4.79 Å². The molecule has 0 aliphatic rings. The standard InChI is InChI=1S/C13H14N4O/c1-8-3-9(2)5-10(4-8)12-11(16-7-18)6-15-13(14)17-12/h3-7H,1-2H3,(H,16,18)(H2,14,15,17). The maximum Gasteiger partial charge on any atom is 0.220 e. The molecular formula is C13H14N4O. The van der Waals surface area contributed by atoms with Gasteiger partial charge in [0, 0.05) is 5.56 Å². The Bertz CT molecular complexity index is 575. The van der Waals surface area contributed by atoms with Gasteiger partial charge in [0.25, 0.3) is 0 Å². The van der Waals surface area contributed by atoms with Crippen LogP contribution < -0.4 is 11.1 Å². The summed E-state index contributed by atoms with van der Waals surface area (Å²) in [6.45, 7) is 4.02. The number of carbonyl (C=O) groups excluding carboxylic acids is 1. The molecule has 18 heavy (non-hydrogen) atoms. The lowest BCUT2D eigenvalue weighted by molar-refractivity contribution is -0.105. The highest BCUT2D eigenvalue weighted by Gasteiger charge is 2.09. The normalized spacial score (nSPS) is 10.1. The molecule has 2 rings (SSSR count). The van der Waals surface area contributed by atoms with Crippen LogP contribution in [0.25, 0.3) is 11.3 Å². The first-order chi connectivity index (χ1) is 8.60. The van der Waals surface area contributed by atoms with Gasteiger partial charge in [0.2, 0.25) is 12.4 Å². The van der Waals surface area contributed by atoms with Gasteiger partial charge < -0.3 is 11.1 Å². The van der Waals surface area contributed by atoms with Gasteiger partial charge in [-0.3, -0.25) is 4.79 Å². The van der Waals surface area contributed by atoms with Crippen molar-refractivity contribution in [2.75, 3.05) is 11.1 Å². The second-order valence-corrected chi connectivity index (χ2v) is 4.13. The summed E-state index contributed by atoms with van der Waals surface area (Å²) in [5.74, 6) is 0.181. The van der Waals surface area contributed by atoms with Crippen LogP contribution in [0.5, 0.6) is 0 Å². The van der Waals surface area contributed by atoms with Gasteiger partial charge in [0.15, 0.2) is 0 Å². The molecule has 1 aromatic carbocycles. The van der Waals surface area contributed by atoms with Crippen LogP contribution in [0.3, 0.4) is 0 Å². The number of nitrogens with one attached hydrogen (secondary N) is 1. The van der Waals surface area contributed by atoms with Crippen molar-refractivity contribution < 1.29 is 4.79 Å². The zero-order valence-electron chi connectivity index (χ0n) is 10.3. The number of anilines is 2. The van der Waals surface area contributed by atoms with Gasteiger partial charge in [0.05, 0.1) is 17.6 Å². The topological polar surface area (TPSA) is 80.9 Å². The first kappa shape index (κ1) is 12.0. The molecule has 0 unspecified atom stereocenters. The van der Waals surface area contributed by atoms with E-state index in [-0.39, 0.29) is 5.95 Å². The lowest BCUT2D eigenvalue weighted by atomic mass is 10.0. The summed E-state index contributed by atoms with van der Waals surface area (Å²) < 4.78 is 0. The number of nitrogens with two attached hydrogens (primary N) is 1. The van der Waals surface area contributed by atoms with Crippen LogP contribution in [0.4, 0.5) is 11.6 Å². The summed E-state index contributed by atoms with van der Waals surface area (Å²) in [6, 6.07) is 6.05. The first-order valence-electron chi connectivity index (χ1n) is 5.51. The average Bonchev–Trinajstić information content (AvgIpc) is 2.30. The fourth-order valence-electron chi connectivity index (χ4n) is 1.90. The van der Waals surface area contributed by atoms with Crippen LogP contribution in [0, 0.1) is 13.8 Å². The van der Waals surface area contributed by atoms with Gasteiger partial charge in [-0.15, -0.1) is 0 Å². The van der Waals surface area contributed by atoms with E-state index in [0.29, 0.717) is 17.8 Å². The van der Waals surface area contributed by atoms with Gasteiger partial charge in [-0.2, -0.15) is 0 Å². The number of aromatic nitrogens is 2. The van der Waals surface area contributed by atoms with Gasteiger partial charge in [-0.05, 0) is 26.0 Å². The van der Waals surface area contributed by atoms with Crippen LogP contribution in [0.15, 0.2) is 24.4 Å². The lowest BCUT2D eigenvalue weighted by Gasteiger charge is -2.09. The molecular weight excluding hydrogens is 228 g/mol. The predicted octanol–water partition coefficient (Wildman–Crippen LogP) is 1.91. The van der Waals surface area contributed by atoms with Crippen LogP contribution in [0.1, 0.15) is 11.1 Å². The fraction of sp³-hybridized carbons (Fsp3) is 0.154. The molecule has 0 fully saturated rings. The van der Waals surface area contributed by atoms with E-state index in [1.165, 1.54) is 6.20 Å². The van der Waals surface area contributed by atoms with E-state index < -0.39 is 0 Å². The number of amides is 1. The molecule has 0 saturated carbocycles. The minimum atomic E-state index is 0.181. The van der Waals surface area contributed by atoms with Crippen molar-refractivity contribution in [3.8, 4) is 11.3 Å². The van der Waals surface area contributed by atoms with E-state index >= 15 is 0 Å². The average molecular weight is 242 g/mol.